The number of ether oxygens (including phenoxy) is 1. The molecule has 0 saturated carbocycles. The zero-order valence-electron chi connectivity index (χ0n) is 14.7. The maximum atomic E-state index is 12.5. The number of hydrogen-bond donors (Lipinski definition) is 1. The highest BCUT2D eigenvalue weighted by molar-refractivity contribution is 7.17. The van der Waals surface area contributed by atoms with Gasteiger partial charge >= 0.3 is 0 Å². The molecule has 0 fully saturated rings. The Labute approximate surface area is 156 Å². The molecule has 5 nitrogen and oxygen atoms in total. The predicted molar refractivity (Wildman–Crippen MR) is 102 cm³/mol. The van der Waals surface area contributed by atoms with E-state index in [0.29, 0.717) is 24.3 Å². The van der Waals surface area contributed by atoms with Gasteiger partial charge in [0.2, 0.25) is 0 Å². The molecule has 0 spiro atoms. The molecule has 1 aromatic carbocycles. The van der Waals surface area contributed by atoms with Crippen molar-refractivity contribution in [3.05, 3.63) is 64.7 Å². The van der Waals surface area contributed by atoms with Gasteiger partial charge in [0.1, 0.15) is 0 Å². The van der Waals surface area contributed by atoms with E-state index in [2.05, 4.69) is 16.4 Å². The van der Waals surface area contributed by atoms with Gasteiger partial charge < -0.3 is 10.1 Å². The Morgan fingerprint density at radius 1 is 1.35 bits per heavy atom. The fourth-order valence-corrected chi connectivity index (χ4v) is 3.34. The number of amides is 1. The van der Waals surface area contributed by atoms with E-state index in [0.717, 1.165) is 15.8 Å². The van der Waals surface area contributed by atoms with Gasteiger partial charge in [0.05, 0.1) is 46.2 Å². The monoisotopic (exact) mass is 365 g/mol. The van der Waals surface area contributed by atoms with Crippen LogP contribution in [0.3, 0.4) is 0 Å². The number of aromatic nitrogens is 1. The third-order valence-corrected chi connectivity index (χ3v) is 4.73. The van der Waals surface area contributed by atoms with Gasteiger partial charge in [0.15, 0.2) is 0 Å². The Balaban J connectivity index is 1.59. The van der Waals surface area contributed by atoms with Gasteiger partial charge in [-0.05, 0) is 43.0 Å². The van der Waals surface area contributed by atoms with Crippen LogP contribution in [-0.4, -0.2) is 23.0 Å². The number of carbonyl (C=O) groups excluding carboxylic acids is 1. The van der Waals surface area contributed by atoms with Crippen LogP contribution in [0.15, 0.2) is 48.0 Å². The minimum atomic E-state index is -0.553. The molecule has 0 unspecified atom stereocenters. The second-order valence-corrected chi connectivity index (χ2v) is 7.58. The highest BCUT2D eigenvalue weighted by Gasteiger charge is 2.22. The Kier molecular flexibility index (Phi) is 5.31. The van der Waals surface area contributed by atoms with Crippen LogP contribution in [0.25, 0.3) is 10.2 Å². The van der Waals surface area contributed by atoms with E-state index in [4.69, 9.17) is 10.00 Å². The fourth-order valence-electron chi connectivity index (χ4n) is 2.56. The summed E-state index contributed by atoms with van der Waals surface area (Å²) < 4.78 is 6.73. The first-order valence-corrected chi connectivity index (χ1v) is 9.08. The summed E-state index contributed by atoms with van der Waals surface area (Å²) in [6.45, 7) is 4.45. The van der Waals surface area contributed by atoms with Crippen molar-refractivity contribution in [2.75, 3.05) is 6.61 Å². The number of thiophene rings is 1. The molecule has 1 N–H and O–H groups in total. The fraction of sp³-hybridized carbons (Fsp3) is 0.250. The van der Waals surface area contributed by atoms with E-state index in [1.165, 1.54) is 0 Å². The van der Waals surface area contributed by atoms with Gasteiger partial charge in [0, 0.05) is 6.20 Å². The van der Waals surface area contributed by atoms with Crippen molar-refractivity contribution in [2.45, 2.75) is 26.0 Å². The largest absolute Gasteiger partial charge is 0.374 e. The van der Waals surface area contributed by atoms with Crippen LogP contribution >= 0.6 is 11.3 Å². The summed E-state index contributed by atoms with van der Waals surface area (Å²) in [4.78, 5) is 16.8. The molecule has 0 radical (unpaired) electrons. The number of carbonyl (C=O) groups is 1. The van der Waals surface area contributed by atoms with E-state index in [1.807, 2.05) is 49.6 Å². The molecule has 1 amide bonds. The first-order valence-electron chi connectivity index (χ1n) is 8.20. The van der Waals surface area contributed by atoms with E-state index in [1.54, 1.807) is 23.6 Å². The molecule has 3 aromatic rings. The number of benzene rings is 1. The molecule has 0 saturated heterocycles. The lowest BCUT2D eigenvalue weighted by atomic mass is 10.1. The molecule has 2 heterocycles. The van der Waals surface area contributed by atoms with Crippen molar-refractivity contribution < 1.29 is 9.53 Å². The number of nitrogens with zero attached hydrogens (tertiary/aromatic N) is 2. The summed E-state index contributed by atoms with van der Waals surface area (Å²) in [5, 5.41) is 14.0. The maximum Gasteiger partial charge on any atom is 0.253 e. The van der Waals surface area contributed by atoms with Crippen LogP contribution in [-0.2, 0) is 11.3 Å². The minimum Gasteiger partial charge on any atom is -0.374 e. The lowest BCUT2D eigenvalue weighted by Crippen LogP contribution is -2.47. The molecular formula is C20H19N3O2S. The van der Waals surface area contributed by atoms with E-state index in [-0.39, 0.29) is 5.91 Å². The quantitative estimate of drug-likeness (QED) is 0.719. The standard InChI is InChI=1S/C20H19N3O2S/c1-20(2,13-25-12-15-6-4-3-5-14(15)10-21)23-19(24)16-9-18-17(22-11-16)7-8-26-18/h3-9,11H,12-13H2,1-2H3,(H,23,24). The minimum absolute atomic E-state index is 0.182. The molecule has 3 rings (SSSR count). The number of nitrogens with one attached hydrogen (secondary N) is 1. The molecule has 132 valence electrons. The number of hydrogen-bond acceptors (Lipinski definition) is 5. The van der Waals surface area contributed by atoms with Crippen molar-refractivity contribution in [2.24, 2.45) is 0 Å². The smallest absolute Gasteiger partial charge is 0.253 e. The third-order valence-electron chi connectivity index (χ3n) is 3.88. The Bertz CT molecular complexity index is 972. The Morgan fingerprint density at radius 3 is 2.96 bits per heavy atom. The molecule has 0 aliphatic rings. The summed E-state index contributed by atoms with van der Waals surface area (Å²) in [7, 11) is 0. The zero-order valence-corrected chi connectivity index (χ0v) is 15.5. The highest BCUT2D eigenvalue weighted by Crippen LogP contribution is 2.20. The number of nitriles is 1. The lowest BCUT2D eigenvalue weighted by molar-refractivity contribution is 0.0616. The van der Waals surface area contributed by atoms with Gasteiger partial charge in [0.25, 0.3) is 5.91 Å². The van der Waals surface area contributed by atoms with Gasteiger partial charge in [-0.3, -0.25) is 9.78 Å². The average Bonchev–Trinajstić information content (AvgIpc) is 3.09. The molecule has 26 heavy (non-hydrogen) atoms. The Hall–Kier alpha value is -2.75. The molecule has 0 bridgehead atoms. The number of pyridine rings is 1. The first kappa shape index (κ1) is 18.1. The Morgan fingerprint density at radius 2 is 2.15 bits per heavy atom. The molecular weight excluding hydrogens is 346 g/mol. The lowest BCUT2D eigenvalue weighted by Gasteiger charge is -2.26. The maximum absolute atomic E-state index is 12.5. The van der Waals surface area contributed by atoms with Crippen LogP contribution in [0.2, 0.25) is 0 Å². The van der Waals surface area contributed by atoms with Crippen LogP contribution in [0, 0.1) is 11.3 Å². The summed E-state index contributed by atoms with van der Waals surface area (Å²) in [5.41, 5.74) is 2.31. The average molecular weight is 365 g/mol. The van der Waals surface area contributed by atoms with Gasteiger partial charge in [-0.25, -0.2) is 0 Å². The number of rotatable bonds is 6. The van der Waals surface area contributed by atoms with Crippen molar-refractivity contribution in [1.29, 1.82) is 5.26 Å². The third kappa shape index (κ3) is 4.26. The van der Waals surface area contributed by atoms with Crippen molar-refractivity contribution in [1.82, 2.24) is 10.3 Å². The summed E-state index contributed by atoms with van der Waals surface area (Å²) >= 11 is 1.56. The highest BCUT2D eigenvalue weighted by atomic mass is 32.1. The molecule has 0 aliphatic heterocycles. The van der Waals surface area contributed by atoms with Gasteiger partial charge in [-0.1, -0.05) is 18.2 Å². The van der Waals surface area contributed by atoms with Crippen LogP contribution in [0.1, 0.15) is 35.3 Å². The van der Waals surface area contributed by atoms with E-state index in [9.17, 15) is 4.79 Å². The summed E-state index contributed by atoms with van der Waals surface area (Å²) in [5.74, 6) is -0.182. The number of fused-ring (bicyclic) bond motifs is 1. The summed E-state index contributed by atoms with van der Waals surface area (Å²) in [6, 6.07) is 13.3. The van der Waals surface area contributed by atoms with Crippen LogP contribution < -0.4 is 5.32 Å². The summed E-state index contributed by atoms with van der Waals surface area (Å²) in [6.07, 6.45) is 1.59. The molecule has 6 heteroatoms. The predicted octanol–water partition coefficient (Wildman–Crippen LogP) is 3.89. The van der Waals surface area contributed by atoms with E-state index >= 15 is 0 Å². The van der Waals surface area contributed by atoms with Crippen LogP contribution in [0.5, 0.6) is 0 Å². The molecule has 0 aliphatic carbocycles. The van der Waals surface area contributed by atoms with Gasteiger partial charge in [-0.15, -0.1) is 11.3 Å². The van der Waals surface area contributed by atoms with E-state index < -0.39 is 5.54 Å². The SMILES string of the molecule is CC(C)(COCc1ccccc1C#N)NC(=O)c1cnc2ccsc2c1. The first-order chi connectivity index (χ1) is 12.5. The van der Waals surface area contributed by atoms with Crippen molar-refractivity contribution >= 4 is 27.5 Å². The van der Waals surface area contributed by atoms with Crippen LogP contribution in [0.4, 0.5) is 0 Å². The van der Waals surface area contributed by atoms with Crippen molar-refractivity contribution in [3.8, 4) is 6.07 Å². The zero-order chi connectivity index (χ0) is 18.6. The van der Waals surface area contributed by atoms with Crippen molar-refractivity contribution in [3.63, 3.8) is 0 Å². The second kappa shape index (κ2) is 7.65. The normalized spacial score (nSPS) is 11.3. The second-order valence-electron chi connectivity index (χ2n) is 6.63. The molecule has 2 aromatic heterocycles. The topological polar surface area (TPSA) is 75.0 Å². The van der Waals surface area contributed by atoms with Gasteiger partial charge in [-0.2, -0.15) is 5.26 Å². The molecule has 0 atom stereocenters.